The van der Waals surface area contributed by atoms with Crippen LogP contribution in [0.5, 0.6) is 17.4 Å². The summed E-state index contributed by atoms with van der Waals surface area (Å²) in [7, 11) is 1.54. The van der Waals surface area contributed by atoms with E-state index in [0.717, 1.165) is 10.7 Å². The number of hydrogen-bond acceptors (Lipinski definition) is 5. The van der Waals surface area contributed by atoms with E-state index in [0.29, 0.717) is 28.3 Å². The van der Waals surface area contributed by atoms with Gasteiger partial charge in [0.15, 0.2) is 16.5 Å². The fourth-order valence-corrected chi connectivity index (χ4v) is 3.18. The van der Waals surface area contributed by atoms with Crippen LogP contribution < -0.4 is 9.47 Å². The summed E-state index contributed by atoms with van der Waals surface area (Å²) in [5, 5.41) is 11.5. The zero-order valence-electron chi connectivity index (χ0n) is 11.0. The number of thiazole rings is 1. The number of methoxy groups -OCH3 is 1. The van der Waals surface area contributed by atoms with Crippen molar-refractivity contribution in [2.24, 2.45) is 0 Å². The summed E-state index contributed by atoms with van der Waals surface area (Å²) in [6.45, 7) is 0. The maximum atomic E-state index is 8.92. The molecule has 1 aromatic carbocycles. The summed E-state index contributed by atoms with van der Waals surface area (Å²) in [5.41, 5.74) is 1.45. The van der Waals surface area contributed by atoms with Crippen LogP contribution in [0.4, 0.5) is 0 Å². The van der Waals surface area contributed by atoms with E-state index in [1.165, 1.54) is 0 Å². The number of rotatable bonds is 4. The highest BCUT2D eigenvalue weighted by molar-refractivity contribution is 9.08. The molecule has 0 radical (unpaired) electrons. The molecule has 0 amide bonds. The molecule has 106 valence electrons. The predicted molar refractivity (Wildman–Crippen MR) is 83.5 cm³/mol. The van der Waals surface area contributed by atoms with E-state index in [1.807, 2.05) is 16.0 Å². The summed E-state index contributed by atoms with van der Waals surface area (Å²) >= 11 is 5.00. The van der Waals surface area contributed by atoms with Crippen molar-refractivity contribution >= 4 is 32.2 Å². The molecule has 3 aromatic rings. The van der Waals surface area contributed by atoms with Gasteiger partial charge in [-0.1, -0.05) is 15.9 Å². The number of benzene rings is 1. The van der Waals surface area contributed by atoms with E-state index in [-0.39, 0.29) is 0 Å². The van der Waals surface area contributed by atoms with E-state index in [2.05, 4.69) is 27.0 Å². The number of alkyl halides is 1. The molecule has 0 fully saturated rings. The van der Waals surface area contributed by atoms with Gasteiger partial charge in [-0.2, -0.15) is 10.2 Å². The van der Waals surface area contributed by atoms with Crippen molar-refractivity contribution in [1.82, 2.24) is 9.38 Å². The monoisotopic (exact) mass is 363 g/mol. The van der Waals surface area contributed by atoms with Crippen LogP contribution in [0.2, 0.25) is 0 Å². The van der Waals surface area contributed by atoms with E-state index < -0.39 is 0 Å². The number of fused-ring (bicyclic) bond motifs is 1. The van der Waals surface area contributed by atoms with E-state index >= 15 is 0 Å². The molecule has 0 saturated heterocycles. The number of nitriles is 1. The summed E-state index contributed by atoms with van der Waals surface area (Å²) in [5.74, 6) is 1.57. The quantitative estimate of drug-likeness (QED) is 0.658. The molecule has 0 atom stereocenters. The third kappa shape index (κ3) is 2.48. The molecule has 0 saturated carbocycles. The van der Waals surface area contributed by atoms with Gasteiger partial charge >= 0.3 is 0 Å². The van der Waals surface area contributed by atoms with Crippen molar-refractivity contribution in [3.05, 3.63) is 41.0 Å². The first kappa shape index (κ1) is 13.9. The molecule has 0 N–H and O–H groups in total. The number of halogens is 1. The Morgan fingerprint density at radius 3 is 3.00 bits per heavy atom. The lowest BCUT2D eigenvalue weighted by molar-refractivity contribution is 0.374. The predicted octanol–water partition coefficient (Wildman–Crippen LogP) is 3.96. The van der Waals surface area contributed by atoms with Crippen LogP contribution in [-0.4, -0.2) is 16.5 Å². The van der Waals surface area contributed by atoms with Crippen molar-refractivity contribution < 1.29 is 9.47 Å². The molecule has 3 rings (SSSR count). The van der Waals surface area contributed by atoms with Crippen molar-refractivity contribution in [3.8, 4) is 23.4 Å². The number of hydrogen-bond donors (Lipinski definition) is 0. The molecule has 0 aliphatic rings. The Bertz CT molecular complexity index is 834. The van der Waals surface area contributed by atoms with Crippen molar-refractivity contribution in [1.29, 1.82) is 5.26 Å². The Hall–Kier alpha value is -2.04. The average Bonchev–Trinajstić information content (AvgIpc) is 3.08. The van der Waals surface area contributed by atoms with E-state index in [4.69, 9.17) is 14.7 Å². The number of aromatic nitrogens is 2. The first-order chi connectivity index (χ1) is 10.3. The fraction of sp³-hybridized carbons (Fsp3) is 0.143. The van der Waals surface area contributed by atoms with Crippen LogP contribution >= 0.6 is 27.3 Å². The van der Waals surface area contributed by atoms with Gasteiger partial charge in [-0.15, -0.1) is 11.3 Å². The zero-order valence-corrected chi connectivity index (χ0v) is 13.4. The summed E-state index contributed by atoms with van der Waals surface area (Å²) in [6, 6.07) is 7.11. The Morgan fingerprint density at radius 1 is 1.43 bits per heavy atom. The van der Waals surface area contributed by atoms with Gasteiger partial charge in [-0.05, 0) is 12.1 Å². The van der Waals surface area contributed by atoms with Crippen LogP contribution in [0.25, 0.3) is 4.96 Å². The molecular formula is C14H10BrN3O2S. The normalized spacial score (nSPS) is 10.5. The lowest BCUT2D eigenvalue weighted by atomic mass is 10.2. The Balaban J connectivity index is 2.02. The maximum Gasteiger partial charge on any atom is 0.243 e. The fourth-order valence-electron chi connectivity index (χ4n) is 1.94. The molecule has 7 heteroatoms. The molecule has 0 unspecified atom stereocenters. The van der Waals surface area contributed by atoms with Gasteiger partial charge in [0.1, 0.15) is 0 Å². The lowest BCUT2D eigenvalue weighted by Crippen LogP contribution is -1.94. The van der Waals surface area contributed by atoms with Crippen LogP contribution in [0, 0.1) is 11.3 Å². The van der Waals surface area contributed by atoms with Gasteiger partial charge in [0.2, 0.25) is 5.88 Å². The minimum Gasteiger partial charge on any atom is -0.493 e. The Kier molecular flexibility index (Phi) is 3.82. The molecule has 2 aromatic heterocycles. The number of ether oxygens (including phenoxy) is 2. The molecule has 0 aliphatic carbocycles. The third-order valence-corrected chi connectivity index (χ3v) is 4.24. The van der Waals surface area contributed by atoms with E-state index in [9.17, 15) is 0 Å². The van der Waals surface area contributed by atoms with Crippen molar-refractivity contribution in [2.75, 3.05) is 7.11 Å². The zero-order chi connectivity index (χ0) is 14.8. The molecule has 0 bridgehead atoms. The van der Waals surface area contributed by atoms with Crippen molar-refractivity contribution in [2.45, 2.75) is 5.33 Å². The smallest absolute Gasteiger partial charge is 0.243 e. The highest BCUT2D eigenvalue weighted by atomic mass is 79.9. The lowest BCUT2D eigenvalue weighted by Gasteiger charge is -2.09. The molecule has 21 heavy (non-hydrogen) atoms. The minimum atomic E-state index is 0.505. The molecule has 0 aliphatic heterocycles. The van der Waals surface area contributed by atoms with Crippen LogP contribution in [-0.2, 0) is 5.33 Å². The number of nitrogens with zero attached hydrogens (tertiary/aromatic N) is 3. The largest absolute Gasteiger partial charge is 0.493 e. The van der Waals surface area contributed by atoms with Gasteiger partial charge < -0.3 is 9.47 Å². The summed E-state index contributed by atoms with van der Waals surface area (Å²) in [6.07, 6.45) is 1.95. The van der Waals surface area contributed by atoms with Crippen LogP contribution in [0.15, 0.2) is 29.8 Å². The number of imidazole rings is 1. The highest BCUT2D eigenvalue weighted by Gasteiger charge is 2.16. The Morgan fingerprint density at radius 2 is 2.29 bits per heavy atom. The maximum absolute atomic E-state index is 8.92. The third-order valence-electron chi connectivity index (χ3n) is 2.95. The molecular weight excluding hydrogens is 354 g/mol. The Labute approximate surface area is 133 Å². The summed E-state index contributed by atoms with van der Waals surface area (Å²) in [4.78, 5) is 5.33. The van der Waals surface area contributed by atoms with Crippen molar-refractivity contribution in [3.63, 3.8) is 0 Å². The minimum absolute atomic E-state index is 0.505. The second-order valence-electron chi connectivity index (χ2n) is 4.13. The summed E-state index contributed by atoms with van der Waals surface area (Å²) < 4.78 is 13.1. The van der Waals surface area contributed by atoms with Gasteiger partial charge in [-0.25, -0.2) is 0 Å². The first-order valence-corrected chi connectivity index (χ1v) is 8.03. The van der Waals surface area contributed by atoms with Gasteiger partial charge in [0, 0.05) is 23.0 Å². The topological polar surface area (TPSA) is 59.5 Å². The van der Waals surface area contributed by atoms with Gasteiger partial charge in [0.05, 0.1) is 24.4 Å². The second-order valence-corrected chi connectivity index (χ2v) is 5.57. The molecule has 5 nitrogen and oxygen atoms in total. The van der Waals surface area contributed by atoms with Gasteiger partial charge in [0.25, 0.3) is 0 Å². The molecule has 2 heterocycles. The molecule has 0 spiro atoms. The van der Waals surface area contributed by atoms with Gasteiger partial charge in [-0.3, -0.25) is 4.40 Å². The SMILES string of the molecule is COc1cc(C#N)ccc1Oc1nc2sccn2c1CBr. The first-order valence-electron chi connectivity index (χ1n) is 6.03. The highest BCUT2D eigenvalue weighted by Crippen LogP contribution is 2.35. The van der Waals surface area contributed by atoms with E-state index in [1.54, 1.807) is 36.6 Å². The standard InChI is InChI=1S/C14H10BrN3O2S/c1-19-12-6-9(8-16)2-3-11(12)20-13-10(7-15)18-4-5-21-14(18)17-13/h2-6H,7H2,1H3. The average molecular weight is 364 g/mol. The second kappa shape index (κ2) is 5.76. The van der Waals surface area contributed by atoms with Crippen LogP contribution in [0.1, 0.15) is 11.3 Å². The van der Waals surface area contributed by atoms with Crippen LogP contribution in [0.3, 0.4) is 0 Å².